The SMILES string of the molecule is C=CC(=O)OCCCOc1ccc(C(=O)OCCc2ccc(OC)cc2)cc1. The van der Waals surface area contributed by atoms with Crippen molar-refractivity contribution in [3.8, 4) is 11.5 Å². The fourth-order valence-electron chi connectivity index (χ4n) is 2.30. The van der Waals surface area contributed by atoms with Gasteiger partial charge < -0.3 is 18.9 Å². The number of ether oxygens (including phenoxy) is 4. The number of hydrogen-bond donors (Lipinski definition) is 0. The van der Waals surface area contributed by atoms with Crippen molar-refractivity contribution in [2.75, 3.05) is 26.9 Å². The first-order valence-electron chi connectivity index (χ1n) is 8.94. The van der Waals surface area contributed by atoms with Crippen molar-refractivity contribution >= 4 is 11.9 Å². The van der Waals surface area contributed by atoms with Gasteiger partial charge in [0.2, 0.25) is 0 Å². The van der Waals surface area contributed by atoms with Crippen LogP contribution in [-0.2, 0) is 20.7 Å². The Bertz CT molecular complexity index is 765. The number of carbonyl (C=O) groups excluding carboxylic acids is 2. The lowest BCUT2D eigenvalue weighted by molar-refractivity contribution is -0.137. The van der Waals surface area contributed by atoms with Gasteiger partial charge in [0.25, 0.3) is 0 Å². The minimum Gasteiger partial charge on any atom is -0.497 e. The smallest absolute Gasteiger partial charge is 0.338 e. The number of hydrogen-bond acceptors (Lipinski definition) is 6. The Labute approximate surface area is 164 Å². The van der Waals surface area contributed by atoms with Gasteiger partial charge in [-0.15, -0.1) is 0 Å². The predicted octanol–water partition coefficient (Wildman–Crippen LogP) is 3.59. The van der Waals surface area contributed by atoms with Gasteiger partial charge >= 0.3 is 11.9 Å². The highest BCUT2D eigenvalue weighted by Gasteiger charge is 2.07. The Hall–Kier alpha value is -3.28. The second-order valence-corrected chi connectivity index (χ2v) is 5.83. The van der Waals surface area contributed by atoms with Gasteiger partial charge in [-0.25, -0.2) is 9.59 Å². The van der Waals surface area contributed by atoms with Gasteiger partial charge in [0, 0.05) is 18.9 Å². The Morgan fingerprint density at radius 3 is 2.21 bits per heavy atom. The summed E-state index contributed by atoms with van der Waals surface area (Å²) in [6.07, 6.45) is 2.32. The third-order valence-electron chi connectivity index (χ3n) is 3.84. The van der Waals surface area contributed by atoms with Crippen molar-refractivity contribution < 1.29 is 28.5 Å². The molecule has 2 rings (SSSR count). The lowest BCUT2D eigenvalue weighted by Gasteiger charge is -2.08. The third-order valence-corrected chi connectivity index (χ3v) is 3.84. The third kappa shape index (κ3) is 7.15. The Kier molecular flexibility index (Phi) is 8.59. The lowest BCUT2D eigenvalue weighted by Crippen LogP contribution is -2.08. The van der Waals surface area contributed by atoms with Crippen LogP contribution in [0.15, 0.2) is 61.2 Å². The number of esters is 2. The predicted molar refractivity (Wildman–Crippen MR) is 105 cm³/mol. The van der Waals surface area contributed by atoms with Crippen LogP contribution in [0.25, 0.3) is 0 Å². The molecule has 0 aliphatic carbocycles. The maximum Gasteiger partial charge on any atom is 0.338 e. The van der Waals surface area contributed by atoms with Crippen molar-refractivity contribution in [3.63, 3.8) is 0 Å². The van der Waals surface area contributed by atoms with Gasteiger partial charge in [-0.3, -0.25) is 0 Å². The van der Waals surface area contributed by atoms with E-state index in [-0.39, 0.29) is 12.6 Å². The van der Waals surface area contributed by atoms with Crippen LogP contribution >= 0.6 is 0 Å². The molecule has 0 aliphatic rings. The Morgan fingerprint density at radius 1 is 0.893 bits per heavy atom. The molecule has 0 bridgehead atoms. The van der Waals surface area contributed by atoms with Gasteiger partial charge in [0.15, 0.2) is 0 Å². The fraction of sp³-hybridized carbons (Fsp3) is 0.273. The molecule has 0 aromatic heterocycles. The molecular weight excluding hydrogens is 360 g/mol. The van der Waals surface area contributed by atoms with Gasteiger partial charge in [0.05, 0.1) is 32.5 Å². The molecule has 0 radical (unpaired) electrons. The molecule has 28 heavy (non-hydrogen) atoms. The molecule has 2 aromatic carbocycles. The molecule has 0 aliphatic heterocycles. The second kappa shape index (κ2) is 11.4. The molecule has 0 saturated heterocycles. The summed E-state index contributed by atoms with van der Waals surface area (Å²) in [7, 11) is 1.62. The molecule has 148 valence electrons. The van der Waals surface area contributed by atoms with Gasteiger partial charge in [-0.1, -0.05) is 18.7 Å². The molecule has 0 amide bonds. The van der Waals surface area contributed by atoms with E-state index in [1.165, 1.54) is 0 Å². The summed E-state index contributed by atoms with van der Waals surface area (Å²) >= 11 is 0. The first kappa shape index (κ1) is 21.0. The van der Waals surface area contributed by atoms with Gasteiger partial charge in [0.1, 0.15) is 11.5 Å². The zero-order valence-corrected chi connectivity index (χ0v) is 15.9. The summed E-state index contributed by atoms with van der Waals surface area (Å²) in [5, 5.41) is 0. The molecule has 0 unspecified atom stereocenters. The lowest BCUT2D eigenvalue weighted by atomic mass is 10.1. The summed E-state index contributed by atoms with van der Waals surface area (Å²) in [5.41, 5.74) is 1.53. The van der Waals surface area contributed by atoms with Crippen LogP contribution in [0.3, 0.4) is 0 Å². The standard InChI is InChI=1S/C22H24O6/c1-3-21(23)27-15-4-14-26-20-11-7-18(8-12-20)22(24)28-16-13-17-5-9-19(25-2)10-6-17/h3,5-12H,1,4,13-16H2,2H3. The minimum absolute atomic E-state index is 0.267. The van der Waals surface area contributed by atoms with Crippen LogP contribution in [0.1, 0.15) is 22.3 Å². The quantitative estimate of drug-likeness (QED) is 0.335. The summed E-state index contributed by atoms with van der Waals surface area (Å²) in [6.45, 7) is 4.29. The first-order valence-corrected chi connectivity index (χ1v) is 8.94. The van der Waals surface area contributed by atoms with E-state index in [0.29, 0.717) is 37.4 Å². The van der Waals surface area contributed by atoms with Crippen LogP contribution in [0.2, 0.25) is 0 Å². The van der Waals surface area contributed by atoms with E-state index in [2.05, 4.69) is 6.58 Å². The van der Waals surface area contributed by atoms with Crippen LogP contribution in [0, 0.1) is 0 Å². The summed E-state index contributed by atoms with van der Waals surface area (Å²) in [5.74, 6) is 0.594. The zero-order chi connectivity index (χ0) is 20.2. The normalized spacial score (nSPS) is 10.0. The zero-order valence-electron chi connectivity index (χ0n) is 15.9. The summed E-state index contributed by atoms with van der Waals surface area (Å²) < 4.78 is 20.8. The maximum absolute atomic E-state index is 12.1. The fourth-order valence-corrected chi connectivity index (χ4v) is 2.30. The van der Waals surface area contributed by atoms with Crippen LogP contribution in [0.5, 0.6) is 11.5 Å². The van der Waals surface area contributed by atoms with Gasteiger partial charge in [-0.05, 0) is 42.0 Å². The van der Waals surface area contributed by atoms with Crippen LogP contribution < -0.4 is 9.47 Å². The molecule has 0 atom stereocenters. The minimum atomic E-state index is -0.449. The molecule has 0 N–H and O–H groups in total. The monoisotopic (exact) mass is 384 g/mol. The molecule has 0 saturated carbocycles. The van der Waals surface area contributed by atoms with Gasteiger partial charge in [-0.2, -0.15) is 0 Å². The first-order chi connectivity index (χ1) is 13.6. The average molecular weight is 384 g/mol. The van der Waals surface area contributed by atoms with Crippen molar-refractivity contribution in [1.29, 1.82) is 0 Å². The number of carbonyl (C=O) groups is 2. The number of benzene rings is 2. The van der Waals surface area contributed by atoms with E-state index < -0.39 is 5.97 Å². The van der Waals surface area contributed by atoms with E-state index in [1.807, 2.05) is 24.3 Å². The number of rotatable bonds is 11. The molecule has 0 fully saturated rings. The number of methoxy groups -OCH3 is 1. The topological polar surface area (TPSA) is 71.1 Å². The van der Waals surface area contributed by atoms with Crippen molar-refractivity contribution in [3.05, 3.63) is 72.3 Å². The average Bonchev–Trinajstić information content (AvgIpc) is 2.74. The molecule has 2 aromatic rings. The van der Waals surface area contributed by atoms with E-state index in [9.17, 15) is 9.59 Å². The maximum atomic E-state index is 12.1. The van der Waals surface area contributed by atoms with E-state index in [0.717, 1.165) is 17.4 Å². The van der Waals surface area contributed by atoms with E-state index in [4.69, 9.17) is 18.9 Å². The summed E-state index contributed by atoms with van der Waals surface area (Å²) in [6, 6.07) is 14.4. The van der Waals surface area contributed by atoms with E-state index in [1.54, 1.807) is 31.4 Å². The molecule has 6 nitrogen and oxygen atoms in total. The highest BCUT2D eigenvalue weighted by atomic mass is 16.5. The van der Waals surface area contributed by atoms with Crippen molar-refractivity contribution in [1.82, 2.24) is 0 Å². The van der Waals surface area contributed by atoms with Crippen LogP contribution in [0.4, 0.5) is 0 Å². The highest BCUT2D eigenvalue weighted by Crippen LogP contribution is 2.14. The van der Waals surface area contributed by atoms with E-state index >= 15 is 0 Å². The van der Waals surface area contributed by atoms with Crippen molar-refractivity contribution in [2.45, 2.75) is 12.8 Å². The van der Waals surface area contributed by atoms with Crippen LogP contribution in [-0.4, -0.2) is 38.9 Å². The highest BCUT2D eigenvalue weighted by molar-refractivity contribution is 5.89. The second-order valence-electron chi connectivity index (χ2n) is 5.83. The molecule has 0 heterocycles. The molecular formula is C22H24O6. The molecule has 6 heteroatoms. The largest absolute Gasteiger partial charge is 0.497 e. The Morgan fingerprint density at radius 2 is 1.57 bits per heavy atom. The molecule has 0 spiro atoms. The van der Waals surface area contributed by atoms with Crippen molar-refractivity contribution in [2.24, 2.45) is 0 Å². The Balaban J connectivity index is 1.69. The summed E-state index contributed by atoms with van der Waals surface area (Å²) in [4.78, 5) is 23.0.